The first-order valence-corrected chi connectivity index (χ1v) is 5.08. The van der Waals surface area contributed by atoms with Crippen LogP contribution in [-0.2, 0) is 0 Å². The first-order valence-electron chi connectivity index (χ1n) is 4.08. The van der Waals surface area contributed by atoms with Crippen molar-refractivity contribution < 1.29 is 40.9 Å². The second-order valence-corrected chi connectivity index (χ2v) is 1.82. The van der Waals surface area contributed by atoms with E-state index in [2.05, 4.69) is 18.1 Å². The molecule has 24 heavy (non-hydrogen) atoms. The van der Waals surface area contributed by atoms with Crippen LogP contribution in [0.15, 0.2) is 0 Å². The van der Waals surface area contributed by atoms with Crippen molar-refractivity contribution in [2.24, 2.45) is 0 Å². The standard InChI is InChI=1S/C3H8O3.C2H6O3.CH4O2.3CH3.2H2NP.3Rf/c4-1-3(6)2-5;3-1-2(4)5;2-1-3;;;;2*1-2;;;/h3-6H,1-2H2;2-5H,1H2;2-3H,1H2;3*1H3;2*1-2H;;;/q;;;3*-1;;;;;. The molecule has 0 aromatic rings. The van der Waals surface area contributed by atoms with Gasteiger partial charge in [0.2, 0.25) is 0 Å². The van der Waals surface area contributed by atoms with Crippen molar-refractivity contribution in [3.63, 3.8) is 0 Å². The third-order valence-corrected chi connectivity index (χ3v) is 0.585. The molecule has 0 aliphatic rings. The van der Waals surface area contributed by atoms with Gasteiger partial charge in [0.25, 0.3) is 0 Å². The van der Waals surface area contributed by atoms with Gasteiger partial charge in [-0.3, -0.25) is 10.3 Å². The minimum atomic E-state index is -1.56. The molecule has 0 rings (SSSR count). The number of rotatable bonds is 3. The molecule has 10 nitrogen and oxygen atoms in total. The van der Waals surface area contributed by atoms with Crippen LogP contribution in [-0.4, -0.2) is 79.9 Å². The normalized spacial score (nSPS) is 5.58. The molecule has 15 heteroatoms. The number of hydrogen-bond donors (Lipinski definition) is 10. The summed E-state index contributed by atoms with van der Waals surface area (Å²) in [6, 6.07) is 0. The Bertz CT molecular complexity index is 127. The Balaban J connectivity index is -0.00000000974. The van der Waals surface area contributed by atoms with Crippen molar-refractivity contribution in [1.29, 1.82) is 10.3 Å². The Morgan fingerprint density at radius 1 is 0.583 bits per heavy atom. The van der Waals surface area contributed by atoms with Gasteiger partial charge in [-0.25, -0.2) is 0 Å². The molecule has 0 fully saturated rings. The Hall–Kier alpha value is -3.12. The molecule has 0 atom stereocenters. The third kappa shape index (κ3) is 728. The van der Waals surface area contributed by atoms with Gasteiger partial charge in [0.15, 0.2) is 6.29 Å². The van der Waals surface area contributed by atoms with Gasteiger partial charge < -0.3 is 63.1 Å². The van der Waals surface area contributed by atoms with Gasteiger partial charge in [-0.2, -0.15) is 0 Å². The molecular weight excluding hydrogens is 1130 g/mol. The van der Waals surface area contributed by atoms with Crippen molar-refractivity contribution in [2.45, 2.75) is 12.4 Å². The Morgan fingerprint density at radius 2 is 0.708 bits per heavy atom. The topological polar surface area (TPSA) is 210 Å². The summed E-state index contributed by atoms with van der Waals surface area (Å²) in [6.07, 6.45) is -2.51. The number of aliphatic hydroxyl groups excluding tert-OH is 6. The number of nitrogens with one attached hydrogen (secondary N) is 2. The smallest absolute Gasteiger partial charge is 0.175 e. The van der Waals surface area contributed by atoms with Gasteiger partial charge >= 0.3 is 0 Å². The average molecular weight is 1160 g/mol. The average Bonchev–Trinajstić information content (AvgIpc) is 2.43. The van der Waals surface area contributed by atoms with Crippen molar-refractivity contribution in [2.75, 3.05) is 26.6 Å². The van der Waals surface area contributed by atoms with Crippen molar-refractivity contribution >= 4 is 18.1 Å². The first-order chi connectivity index (χ1) is 8.49. The van der Waals surface area contributed by atoms with Gasteiger partial charge in [-0.05, 0) is 18.1 Å². The van der Waals surface area contributed by atoms with Crippen LogP contribution in [0, 0.1) is 32.6 Å². The quantitative estimate of drug-likeness (QED) is 0.0931. The fourth-order valence-corrected chi connectivity index (χ4v) is 0.0577. The van der Waals surface area contributed by atoms with Crippen LogP contribution >= 0.6 is 18.1 Å². The molecule has 0 aromatic heterocycles. The molecule has 144 valence electrons. The van der Waals surface area contributed by atoms with E-state index >= 15 is 0 Å². The van der Waals surface area contributed by atoms with Crippen LogP contribution in [0.4, 0.5) is 0 Å². The largest absolute Gasteiger partial charge is 0.394 e. The minimum absolute atomic E-state index is 0. The Morgan fingerprint density at radius 3 is 0.708 bits per heavy atom. The SMILES string of the molecule is N=P.N=P.OCC(O)CO.OCC(O)O.OCO.[CH3-].[CH3-].[CH3-].[Rf].[Rf].[Rf]. The van der Waals surface area contributed by atoms with E-state index in [-0.39, 0.29) is 35.5 Å². The van der Waals surface area contributed by atoms with E-state index in [1.807, 2.05) is 0 Å². The molecule has 0 unspecified atom stereocenters. The zero-order valence-corrected chi connectivity index (χ0v) is 35.9. The summed E-state index contributed by atoms with van der Waals surface area (Å²) in [5, 5.41) is 72.4. The van der Waals surface area contributed by atoms with E-state index in [1.54, 1.807) is 0 Å². The molecule has 0 heterocycles. The molecule has 0 saturated carbocycles. The maximum absolute atomic E-state index is 8.17. The first kappa shape index (κ1) is 84.5. The van der Waals surface area contributed by atoms with Gasteiger partial charge in [0.1, 0.15) is 12.9 Å². The molecule has 0 aliphatic heterocycles. The van der Waals surface area contributed by atoms with E-state index in [4.69, 9.17) is 51.2 Å². The van der Waals surface area contributed by atoms with Crippen LogP contribution < -0.4 is 0 Å². The summed E-state index contributed by atoms with van der Waals surface area (Å²) in [5.74, 6) is 0. The summed E-state index contributed by atoms with van der Waals surface area (Å²) in [5.41, 5.74) is 0. The van der Waals surface area contributed by atoms with Gasteiger partial charge in [0, 0.05) is 0 Å². The summed E-state index contributed by atoms with van der Waals surface area (Å²) >= 11 is 0. The Kier molecular flexibility index (Phi) is 527. The maximum Gasteiger partial charge on any atom is 0.175 e. The summed E-state index contributed by atoms with van der Waals surface area (Å²) < 4.78 is 0. The van der Waals surface area contributed by atoms with Crippen molar-refractivity contribution in [3.8, 4) is 0 Å². The Labute approximate surface area is 131 Å². The second kappa shape index (κ2) is 150. The van der Waals surface area contributed by atoms with Crippen LogP contribution in [0.25, 0.3) is 0 Å². The third-order valence-electron chi connectivity index (χ3n) is 0.585. The van der Waals surface area contributed by atoms with Crippen LogP contribution in [0.5, 0.6) is 0 Å². The zero-order chi connectivity index (χ0) is 16.0. The molecule has 0 saturated heterocycles. The van der Waals surface area contributed by atoms with Crippen molar-refractivity contribution in [1.82, 2.24) is 0 Å². The molecule has 0 aromatic carbocycles. The molecule has 10 N–H and O–H groups in total. The van der Waals surface area contributed by atoms with Gasteiger partial charge in [-0.1, -0.05) is 0 Å². The van der Waals surface area contributed by atoms with Crippen LogP contribution in [0.2, 0.25) is 0 Å². The van der Waals surface area contributed by atoms with Gasteiger partial charge in [0.05, 0.1) is 19.8 Å². The van der Waals surface area contributed by atoms with Crippen LogP contribution in [0.1, 0.15) is 0 Å². The summed E-state index contributed by atoms with van der Waals surface area (Å²) in [4.78, 5) is 0. The monoisotopic (exact) mass is 1160 g/mol. The predicted molar refractivity (Wildman–Crippen MR) is 86.1 cm³/mol. The number of aliphatic hydroxyl groups is 8. The van der Waals surface area contributed by atoms with E-state index in [0.29, 0.717) is 0 Å². The summed E-state index contributed by atoms with van der Waals surface area (Å²) in [7, 11) is 4.44. The molecule has 0 radical (unpaired) electrons. The van der Waals surface area contributed by atoms with E-state index in [1.165, 1.54) is 0 Å². The van der Waals surface area contributed by atoms with E-state index in [9.17, 15) is 0 Å². The number of hydrogen-bond acceptors (Lipinski definition) is 10. The molecule has 0 bridgehead atoms. The van der Waals surface area contributed by atoms with Crippen molar-refractivity contribution in [3.05, 3.63) is 22.3 Å². The van der Waals surface area contributed by atoms with Crippen LogP contribution in [0.3, 0.4) is 0 Å². The zero-order valence-electron chi connectivity index (χ0n) is 14.7. The summed E-state index contributed by atoms with van der Waals surface area (Å²) in [6.45, 7) is -2.06. The molecule has 0 amide bonds. The molecule has 0 spiro atoms. The van der Waals surface area contributed by atoms with Gasteiger partial charge in [-0.15, -0.1) is 0 Å². The second-order valence-electron chi connectivity index (χ2n) is 1.82. The van der Waals surface area contributed by atoms with E-state index in [0.717, 1.165) is 0 Å². The van der Waals surface area contributed by atoms with E-state index < -0.39 is 25.8 Å². The molecule has 0 aliphatic carbocycles. The fraction of sp³-hybridized carbons (Fsp3) is 0.667. The maximum atomic E-state index is 8.17. The molecular formula is C9H31N2O8P2Rf3-3. The fourth-order valence-electron chi connectivity index (χ4n) is 0.0577. The predicted octanol–water partition coefficient (Wildman–Crippen LogP) is -1.32. The minimum Gasteiger partial charge on any atom is -0.394 e.